The van der Waals surface area contributed by atoms with E-state index in [9.17, 15) is 4.39 Å². The van der Waals surface area contributed by atoms with Gasteiger partial charge in [-0.2, -0.15) is 0 Å². The Morgan fingerprint density at radius 2 is 2.18 bits per heavy atom. The molecule has 0 amide bonds. The Hall–Kier alpha value is -1.20. The molecule has 1 rings (SSSR count). The molecule has 0 unspecified atom stereocenters. The molecule has 0 aliphatic heterocycles. The molecule has 1 nitrogen and oxygen atoms in total. The van der Waals surface area contributed by atoms with E-state index in [4.69, 9.17) is 16.3 Å². The van der Waals surface area contributed by atoms with Crippen LogP contribution < -0.4 is 4.74 Å². The van der Waals surface area contributed by atoms with Crippen molar-refractivity contribution >= 4 is 11.6 Å². The van der Waals surface area contributed by atoms with E-state index in [1.807, 2.05) is 0 Å². The van der Waals surface area contributed by atoms with E-state index in [-0.39, 0.29) is 11.7 Å². The highest BCUT2D eigenvalue weighted by Crippen LogP contribution is 2.16. The Labute approximate surface area is 107 Å². The lowest BCUT2D eigenvalue weighted by Gasteiger charge is -2.08. The summed E-state index contributed by atoms with van der Waals surface area (Å²) < 4.78 is 19.0. The third kappa shape index (κ3) is 5.10. The molecule has 0 atom stereocenters. The van der Waals surface area contributed by atoms with Crippen molar-refractivity contribution in [2.45, 2.75) is 20.3 Å². The van der Waals surface area contributed by atoms with Gasteiger partial charge in [0.05, 0.1) is 18.1 Å². The smallest absolute Gasteiger partial charge is 0.142 e. The van der Waals surface area contributed by atoms with Crippen molar-refractivity contribution in [1.82, 2.24) is 0 Å². The second-order valence-corrected chi connectivity index (χ2v) is 4.38. The van der Waals surface area contributed by atoms with E-state index in [1.165, 1.54) is 6.07 Å². The van der Waals surface area contributed by atoms with E-state index in [0.29, 0.717) is 23.8 Å². The minimum absolute atomic E-state index is 0.200. The highest BCUT2D eigenvalue weighted by atomic mass is 35.5. The summed E-state index contributed by atoms with van der Waals surface area (Å²) in [5.74, 6) is 6.22. The first-order valence-corrected chi connectivity index (χ1v) is 6.14. The van der Waals surface area contributed by atoms with Gasteiger partial charge in [-0.1, -0.05) is 25.7 Å². The average Bonchev–Trinajstić information content (AvgIpc) is 2.27. The molecule has 17 heavy (non-hydrogen) atoms. The van der Waals surface area contributed by atoms with Crippen LogP contribution in [-0.2, 0) is 0 Å². The molecule has 0 spiro atoms. The van der Waals surface area contributed by atoms with Gasteiger partial charge in [0.15, 0.2) is 0 Å². The van der Waals surface area contributed by atoms with E-state index in [1.54, 1.807) is 12.1 Å². The Kier molecular flexibility index (Phi) is 5.86. The second-order valence-electron chi connectivity index (χ2n) is 4.11. The third-order valence-corrected chi connectivity index (χ3v) is 2.33. The fourth-order valence-electron chi connectivity index (χ4n) is 1.23. The van der Waals surface area contributed by atoms with Crippen molar-refractivity contribution in [2.24, 2.45) is 5.92 Å². The summed E-state index contributed by atoms with van der Waals surface area (Å²) in [5.41, 5.74) is 0.349. The largest absolute Gasteiger partial charge is 0.493 e. The molecule has 92 valence electrons. The van der Waals surface area contributed by atoms with Gasteiger partial charge in [0.25, 0.3) is 0 Å². The van der Waals surface area contributed by atoms with E-state index >= 15 is 0 Å². The summed E-state index contributed by atoms with van der Waals surface area (Å²) >= 11 is 5.41. The molecule has 0 saturated heterocycles. The van der Waals surface area contributed by atoms with E-state index in [0.717, 1.165) is 6.42 Å². The van der Waals surface area contributed by atoms with E-state index in [2.05, 4.69) is 25.7 Å². The van der Waals surface area contributed by atoms with Gasteiger partial charge in [0.2, 0.25) is 0 Å². The van der Waals surface area contributed by atoms with Crippen molar-refractivity contribution in [3.05, 3.63) is 29.6 Å². The van der Waals surface area contributed by atoms with Crippen LogP contribution in [0.15, 0.2) is 18.2 Å². The molecule has 0 aliphatic carbocycles. The van der Waals surface area contributed by atoms with Crippen LogP contribution in [0.2, 0.25) is 0 Å². The molecule has 0 aliphatic rings. The summed E-state index contributed by atoms with van der Waals surface area (Å²) in [6.07, 6.45) is 0.954. The van der Waals surface area contributed by atoms with Gasteiger partial charge in [-0.3, -0.25) is 0 Å². The van der Waals surface area contributed by atoms with Crippen LogP contribution in [0.5, 0.6) is 5.75 Å². The predicted molar refractivity (Wildman–Crippen MR) is 68.9 cm³/mol. The summed E-state index contributed by atoms with van der Waals surface area (Å²) in [4.78, 5) is 0. The Morgan fingerprint density at radius 3 is 2.76 bits per heavy atom. The number of hydrogen-bond acceptors (Lipinski definition) is 1. The predicted octanol–water partition coefficient (Wildman–Crippen LogP) is 3.84. The lowest BCUT2D eigenvalue weighted by Crippen LogP contribution is -2.01. The first kappa shape index (κ1) is 13.9. The number of benzene rings is 1. The number of rotatable bonds is 4. The van der Waals surface area contributed by atoms with Crippen LogP contribution >= 0.6 is 11.6 Å². The van der Waals surface area contributed by atoms with Crippen molar-refractivity contribution < 1.29 is 9.13 Å². The fraction of sp³-hybridized carbons (Fsp3) is 0.429. The molecule has 3 heteroatoms. The fourth-order valence-corrected chi connectivity index (χ4v) is 1.29. The zero-order valence-electron chi connectivity index (χ0n) is 10.1. The molecule has 0 N–H and O–H groups in total. The van der Waals surface area contributed by atoms with Gasteiger partial charge in [-0.25, -0.2) is 4.39 Å². The lowest BCUT2D eigenvalue weighted by molar-refractivity contribution is 0.288. The van der Waals surface area contributed by atoms with Crippen molar-refractivity contribution in [2.75, 3.05) is 12.5 Å². The number of ether oxygens (including phenoxy) is 1. The molecule has 1 aromatic rings. The van der Waals surface area contributed by atoms with Crippen molar-refractivity contribution in [3.8, 4) is 17.6 Å². The Morgan fingerprint density at radius 1 is 1.41 bits per heavy atom. The molecule has 0 saturated carbocycles. The number of alkyl halides is 1. The quantitative estimate of drug-likeness (QED) is 0.586. The Balaban J connectivity index is 2.62. The van der Waals surface area contributed by atoms with Gasteiger partial charge in [0.1, 0.15) is 11.6 Å². The van der Waals surface area contributed by atoms with Crippen LogP contribution in [0.25, 0.3) is 0 Å². The minimum Gasteiger partial charge on any atom is -0.493 e. The summed E-state index contributed by atoms with van der Waals surface area (Å²) in [7, 11) is 0. The van der Waals surface area contributed by atoms with Crippen LogP contribution in [0.4, 0.5) is 4.39 Å². The molecule has 0 aromatic heterocycles. The van der Waals surface area contributed by atoms with Gasteiger partial charge in [0, 0.05) is 6.07 Å². The molecule has 1 aromatic carbocycles. The summed E-state index contributed by atoms with van der Waals surface area (Å²) in [6, 6.07) is 4.69. The molecule has 0 bridgehead atoms. The van der Waals surface area contributed by atoms with E-state index < -0.39 is 0 Å². The maximum absolute atomic E-state index is 13.5. The first-order valence-electron chi connectivity index (χ1n) is 5.60. The monoisotopic (exact) mass is 254 g/mol. The second kappa shape index (κ2) is 7.19. The molecular formula is C14H16ClFO. The third-order valence-electron chi connectivity index (χ3n) is 2.19. The lowest BCUT2D eigenvalue weighted by atomic mass is 10.1. The van der Waals surface area contributed by atoms with Crippen LogP contribution in [0.3, 0.4) is 0 Å². The van der Waals surface area contributed by atoms with Crippen LogP contribution in [0, 0.1) is 23.6 Å². The molecule has 0 radical (unpaired) electrons. The zero-order chi connectivity index (χ0) is 12.7. The normalized spacial score (nSPS) is 9.94. The van der Waals surface area contributed by atoms with Crippen molar-refractivity contribution in [3.63, 3.8) is 0 Å². The first-order chi connectivity index (χ1) is 8.13. The Bertz CT molecular complexity index is 418. The van der Waals surface area contributed by atoms with Gasteiger partial charge >= 0.3 is 0 Å². The highest BCUT2D eigenvalue weighted by molar-refractivity contribution is 6.19. The summed E-state index contributed by atoms with van der Waals surface area (Å²) in [6.45, 7) is 4.84. The average molecular weight is 255 g/mol. The van der Waals surface area contributed by atoms with Crippen LogP contribution in [0.1, 0.15) is 25.8 Å². The van der Waals surface area contributed by atoms with Gasteiger partial charge < -0.3 is 4.74 Å². The highest BCUT2D eigenvalue weighted by Gasteiger charge is 2.02. The maximum atomic E-state index is 13.5. The summed E-state index contributed by atoms with van der Waals surface area (Å²) in [5, 5.41) is 0. The number of halogens is 2. The topological polar surface area (TPSA) is 9.23 Å². The van der Waals surface area contributed by atoms with Crippen molar-refractivity contribution in [1.29, 1.82) is 0 Å². The standard InChI is InChI=1S/C14H16ClFO/c1-11(2)7-9-17-13-6-5-12(4-3-8-15)14(16)10-13/h5-6,10-11H,7-9H2,1-2H3. The van der Waals surface area contributed by atoms with Crippen LogP contribution in [-0.4, -0.2) is 12.5 Å². The molecular weight excluding hydrogens is 239 g/mol. The maximum Gasteiger partial charge on any atom is 0.142 e. The number of hydrogen-bond donors (Lipinski definition) is 0. The minimum atomic E-state index is -0.371. The van der Waals surface area contributed by atoms with Gasteiger partial charge in [-0.05, 0) is 24.5 Å². The molecule has 0 fully saturated rings. The zero-order valence-corrected chi connectivity index (χ0v) is 10.9. The SMILES string of the molecule is CC(C)CCOc1ccc(C#CCCl)c(F)c1. The van der Waals surface area contributed by atoms with Gasteiger partial charge in [-0.15, -0.1) is 11.6 Å². The molecule has 0 heterocycles.